The van der Waals surface area contributed by atoms with Crippen molar-refractivity contribution in [3.05, 3.63) is 36.5 Å². The van der Waals surface area contributed by atoms with Crippen molar-refractivity contribution in [1.82, 2.24) is 5.32 Å². The molecule has 2 unspecified atom stereocenters. The van der Waals surface area contributed by atoms with Crippen molar-refractivity contribution in [2.24, 2.45) is 0 Å². The van der Waals surface area contributed by atoms with Crippen LogP contribution in [-0.2, 0) is 14.3 Å². The van der Waals surface area contributed by atoms with Crippen LogP contribution in [0.4, 0.5) is 0 Å². The molecular weight excluding hydrogens is 755 g/mol. The molecule has 2 atom stereocenters. The molecule has 61 heavy (non-hydrogen) atoms. The average Bonchev–Trinajstić information content (AvgIpc) is 3.26. The van der Waals surface area contributed by atoms with Crippen molar-refractivity contribution in [2.75, 3.05) is 13.2 Å². The molecule has 6 nitrogen and oxygen atoms in total. The number of unbranched alkanes of at least 4 members (excludes halogenated alkanes) is 34. The average molecular weight is 858 g/mol. The lowest BCUT2D eigenvalue weighted by atomic mass is 10.0. The molecule has 0 aromatic carbocycles. The third kappa shape index (κ3) is 47.4. The fraction of sp³-hybridized carbons (Fsp3) is 0.855. The van der Waals surface area contributed by atoms with E-state index in [0.29, 0.717) is 19.4 Å². The van der Waals surface area contributed by atoms with Crippen molar-refractivity contribution >= 4 is 11.9 Å². The summed E-state index contributed by atoms with van der Waals surface area (Å²) in [6.45, 7) is 4.83. The number of aliphatic hydroxyl groups is 2. The molecule has 0 bridgehead atoms. The van der Waals surface area contributed by atoms with E-state index in [-0.39, 0.29) is 18.5 Å². The Morgan fingerprint density at radius 1 is 0.443 bits per heavy atom. The van der Waals surface area contributed by atoms with Gasteiger partial charge < -0.3 is 20.3 Å². The highest BCUT2D eigenvalue weighted by Crippen LogP contribution is 2.15. The molecule has 0 aliphatic rings. The van der Waals surface area contributed by atoms with Crippen molar-refractivity contribution in [3.63, 3.8) is 0 Å². The lowest BCUT2D eigenvalue weighted by Gasteiger charge is -2.20. The molecule has 0 aromatic heterocycles. The summed E-state index contributed by atoms with van der Waals surface area (Å²) in [6, 6.07) is -0.647. The van der Waals surface area contributed by atoms with Crippen LogP contribution in [0, 0.1) is 0 Å². The molecule has 1 amide bonds. The first-order valence-electron chi connectivity index (χ1n) is 26.8. The van der Waals surface area contributed by atoms with Gasteiger partial charge in [0.15, 0.2) is 0 Å². The molecule has 0 radical (unpaired) electrons. The van der Waals surface area contributed by atoms with Gasteiger partial charge in [0, 0.05) is 12.8 Å². The van der Waals surface area contributed by atoms with Crippen molar-refractivity contribution < 1.29 is 24.5 Å². The van der Waals surface area contributed by atoms with Gasteiger partial charge in [-0.05, 0) is 89.9 Å². The van der Waals surface area contributed by atoms with Crippen molar-refractivity contribution in [3.8, 4) is 0 Å². The normalized spacial score (nSPS) is 12.9. The molecule has 0 aromatic rings. The molecular formula is C55H103NO5. The quantitative estimate of drug-likeness (QED) is 0.0322. The molecule has 0 rings (SSSR count). The molecule has 0 aliphatic heterocycles. The van der Waals surface area contributed by atoms with Gasteiger partial charge in [0.25, 0.3) is 0 Å². The van der Waals surface area contributed by atoms with Crippen LogP contribution in [0.15, 0.2) is 36.5 Å². The summed E-state index contributed by atoms with van der Waals surface area (Å²) in [5, 5.41) is 23.1. The topological polar surface area (TPSA) is 95.9 Å². The van der Waals surface area contributed by atoms with Gasteiger partial charge in [0.1, 0.15) is 0 Å². The van der Waals surface area contributed by atoms with Crippen LogP contribution in [0.3, 0.4) is 0 Å². The van der Waals surface area contributed by atoms with Gasteiger partial charge in [0.2, 0.25) is 5.91 Å². The van der Waals surface area contributed by atoms with Crippen LogP contribution in [0.25, 0.3) is 0 Å². The Balaban J connectivity index is 3.55. The Labute approximate surface area is 379 Å². The van der Waals surface area contributed by atoms with E-state index in [0.717, 1.165) is 83.5 Å². The second kappa shape index (κ2) is 50.7. The van der Waals surface area contributed by atoms with Gasteiger partial charge >= 0.3 is 5.97 Å². The van der Waals surface area contributed by atoms with Crippen molar-refractivity contribution in [1.29, 1.82) is 0 Å². The van der Waals surface area contributed by atoms with Gasteiger partial charge in [0.05, 0.1) is 25.4 Å². The first-order chi connectivity index (χ1) is 30.0. The van der Waals surface area contributed by atoms with Crippen LogP contribution in [0.5, 0.6) is 0 Å². The van der Waals surface area contributed by atoms with Crippen molar-refractivity contribution in [2.45, 2.75) is 289 Å². The van der Waals surface area contributed by atoms with Crippen LogP contribution in [0.1, 0.15) is 277 Å². The minimum absolute atomic E-state index is 0.0326. The highest BCUT2D eigenvalue weighted by Gasteiger charge is 2.18. The van der Waals surface area contributed by atoms with Crippen LogP contribution >= 0.6 is 0 Å². The molecule has 0 saturated carbocycles. The van der Waals surface area contributed by atoms with E-state index in [1.165, 1.54) is 167 Å². The molecule has 0 saturated heterocycles. The van der Waals surface area contributed by atoms with Crippen LogP contribution in [0.2, 0.25) is 0 Å². The number of nitrogens with one attached hydrogen (secondary N) is 1. The summed E-state index contributed by atoms with van der Waals surface area (Å²) in [5.74, 6) is -0.126. The molecule has 3 N–H and O–H groups in total. The first-order valence-corrected chi connectivity index (χ1v) is 26.8. The number of hydrogen-bond donors (Lipinski definition) is 3. The van der Waals surface area contributed by atoms with E-state index in [4.69, 9.17) is 4.74 Å². The predicted molar refractivity (Wildman–Crippen MR) is 264 cm³/mol. The van der Waals surface area contributed by atoms with Crippen LogP contribution in [-0.4, -0.2) is 47.4 Å². The van der Waals surface area contributed by atoms with E-state index in [1.54, 1.807) is 6.08 Å². The summed E-state index contributed by atoms with van der Waals surface area (Å²) in [7, 11) is 0. The molecule has 358 valence electrons. The van der Waals surface area contributed by atoms with Gasteiger partial charge in [-0.15, -0.1) is 0 Å². The van der Waals surface area contributed by atoms with Crippen LogP contribution < -0.4 is 5.32 Å². The van der Waals surface area contributed by atoms with E-state index < -0.39 is 12.1 Å². The van der Waals surface area contributed by atoms with E-state index >= 15 is 0 Å². The maximum Gasteiger partial charge on any atom is 0.305 e. The highest BCUT2D eigenvalue weighted by atomic mass is 16.5. The Hall–Kier alpha value is -1.92. The number of ether oxygens (including phenoxy) is 1. The largest absolute Gasteiger partial charge is 0.466 e. The number of rotatable bonds is 49. The Bertz CT molecular complexity index is 993. The number of allylic oxidation sites excluding steroid dienone is 5. The number of aliphatic hydroxyl groups excluding tert-OH is 2. The maximum absolute atomic E-state index is 12.4. The number of carbonyl (C=O) groups is 2. The Morgan fingerprint density at radius 2 is 0.770 bits per heavy atom. The summed E-state index contributed by atoms with van der Waals surface area (Å²) in [4.78, 5) is 24.5. The second-order valence-electron chi connectivity index (χ2n) is 18.2. The SMILES string of the molecule is CCCCCCCC/C=C\CCCCCCCC(=O)OCCCCC/C=C\CCCCCCCC(=O)NC(CO)C(O)/C=C/CCCCCCCCCCCCCCCCC. The summed E-state index contributed by atoms with van der Waals surface area (Å²) < 4.78 is 5.44. The summed E-state index contributed by atoms with van der Waals surface area (Å²) >= 11 is 0. The standard InChI is InChI=1S/C55H103NO5/c1-3-5-7-9-11-13-15-17-19-20-22-23-27-31-35-39-43-47-53(58)52(51-57)56-54(59)48-44-40-36-32-28-25-26-30-34-38-42-46-50-61-55(60)49-45-41-37-33-29-24-21-18-16-14-12-10-8-6-4-2/h18,21,26,30,43,47,52-53,57-58H,3-17,19-20,22-25,27-29,31-42,44-46,48-51H2,1-2H3,(H,56,59)/b21-18-,30-26-,47-43+. The number of esters is 1. The highest BCUT2D eigenvalue weighted by molar-refractivity contribution is 5.76. The van der Waals surface area contributed by atoms with E-state index in [2.05, 4.69) is 43.5 Å². The lowest BCUT2D eigenvalue weighted by molar-refractivity contribution is -0.143. The predicted octanol–water partition coefficient (Wildman–Crippen LogP) is 16.1. The van der Waals surface area contributed by atoms with Gasteiger partial charge in [-0.2, -0.15) is 0 Å². The molecule has 0 heterocycles. The Morgan fingerprint density at radius 3 is 1.16 bits per heavy atom. The molecule has 6 heteroatoms. The maximum atomic E-state index is 12.4. The van der Waals surface area contributed by atoms with Gasteiger partial charge in [-0.1, -0.05) is 211 Å². The zero-order valence-corrected chi connectivity index (χ0v) is 40.6. The monoisotopic (exact) mass is 858 g/mol. The number of hydrogen-bond acceptors (Lipinski definition) is 5. The fourth-order valence-electron chi connectivity index (χ4n) is 7.97. The number of carbonyl (C=O) groups excluding carboxylic acids is 2. The fourth-order valence-corrected chi connectivity index (χ4v) is 7.97. The zero-order chi connectivity index (χ0) is 44.4. The van der Waals surface area contributed by atoms with Gasteiger partial charge in [-0.3, -0.25) is 9.59 Å². The lowest BCUT2D eigenvalue weighted by Crippen LogP contribution is -2.45. The smallest absolute Gasteiger partial charge is 0.305 e. The van der Waals surface area contributed by atoms with E-state index in [1.807, 2.05) is 6.08 Å². The first kappa shape index (κ1) is 59.1. The van der Waals surface area contributed by atoms with E-state index in [9.17, 15) is 19.8 Å². The van der Waals surface area contributed by atoms with Gasteiger partial charge in [-0.25, -0.2) is 0 Å². The Kier molecular flexibility index (Phi) is 49.1. The molecule has 0 fully saturated rings. The third-order valence-corrected chi connectivity index (χ3v) is 12.1. The third-order valence-electron chi connectivity index (χ3n) is 12.1. The zero-order valence-electron chi connectivity index (χ0n) is 40.6. The molecule has 0 spiro atoms. The summed E-state index contributed by atoms with van der Waals surface area (Å²) in [5.41, 5.74) is 0. The summed E-state index contributed by atoms with van der Waals surface area (Å²) in [6.07, 6.45) is 61.5. The molecule has 0 aliphatic carbocycles. The number of amides is 1. The minimum Gasteiger partial charge on any atom is -0.466 e. The second-order valence-corrected chi connectivity index (χ2v) is 18.2. The minimum atomic E-state index is -0.861.